The van der Waals surface area contributed by atoms with Gasteiger partial charge in [-0.15, -0.1) is 23.7 Å². The van der Waals surface area contributed by atoms with Gasteiger partial charge in [0.05, 0.1) is 5.92 Å². The average molecular weight is 342 g/mol. The van der Waals surface area contributed by atoms with Crippen LogP contribution in [0.2, 0.25) is 0 Å². The molecule has 0 spiro atoms. The number of hydrogen-bond acceptors (Lipinski definition) is 4. The molecule has 1 aliphatic rings. The zero-order valence-electron chi connectivity index (χ0n) is 13.5. The zero-order valence-corrected chi connectivity index (χ0v) is 15.1. The van der Waals surface area contributed by atoms with Gasteiger partial charge in [-0.3, -0.25) is 0 Å². The van der Waals surface area contributed by atoms with Crippen LogP contribution in [0.3, 0.4) is 0 Å². The minimum absolute atomic E-state index is 0. The van der Waals surface area contributed by atoms with Crippen molar-refractivity contribution < 1.29 is 4.73 Å². The minimum atomic E-state index is 0. The highest BCUT2D eigenvalue weighted by molar-refractivity contribution is 7.17. The molecule has 6 heteroatoms. The summed E-state index contributed by atoms with van der Waals surface area (Å²) in [6.07, 6.45) is 3.79. The number of fused-ring (bicyclic) bond motifs is 1. The van der Waals surface area contributed by atoms with Gasteiger partial charge in [0.1, 0.15) is 4.70 Å². The molecule has 0 amide bonds. The first-order valence-electron chi connectivity index (χ1n) is 7.58. The van der Waals surface area contributed by atoms with Gasteiger partial charge in [0.15, 0.2) is 11.7 Å². The standard InChI is InChI=1S/C16H23N3OS.ClH/c1-10-7-11(8-14(18-10)16(2,3)4)15-17-9-13-12(19(15)20)5-6-21-13;/h5-6,9-11,14,18H,7-8H2,1-4H3;1H. The maximum Gasteiger partial charge on any atom is 0.305 e. The predicted molar refractivity (Wildman–Crippen MR) is 93.6 cm³/mol. The van der Waals surface area contributed by atoms with E-state index in [1.54, 1.807) is 11.3 Å². The van der Waals surface area contributed by atoms with Crippen LogP contribution in [0.4, 0.5) is 0 Å². The lowest BCUT2D eigenvalue weighted by atomic mass is 9.76. The Hall–Kier alpha value is -0.910. The summed E-state index contributed by atoms with van der Waals surface area (Å²) in [6.45, 7) is 8.95. The second-order valence-corrected chi connectivity index (χ2v) is 8.18. The highest BCUT2D eigenvalue weighted by atomic mass is 35.5. The molecule has 1 N–H and O–H groups in total. The summed E-state index contributed by atoms with van der Waals surface area (Å²) < 4.78 is 2.01. The van der Waals surface area contributed by atoms with E-state index in [1.807, 2.05) is 17.6 Å². The van der Waals surface area contributed by atoms with Crippen LogP contribution in [0.15, 0.2) is 17.6 Å². The topological polar surface area (TPSA) is 51.9 Å². The van der Waals surface area contributed by atoms with Crippen molar-refractivity contribution in [2.24, 2.45) is 5.41 Å². The summed E-state index contributed by atoms with van der Waals surface area (Å²) in [5.41, 5.74) is 0.941. The smallest absolute Gasteiger partial charge is 0.305 e. The van der Waals surface area contributed by atoms with Crippen molar-refractivity contribution in [3.63, 3.8) is 0 Å². The van der Waals surface area contributed by atoms with Gasteiger partial charge in [-0.2, -0.15) is 0 Å². The Morgan fingerprint density at radius 2 is 2.09 bits per heavy atom. The summed E-state index contributed by atoms with van der Waals surface area (Å²) in [7, 11) is 0. The Morgan fingerprint density at radius 1 is 1.36 bits per heavy atom. The molecule has 4 nitrogen and oxygen atoms in total. The van der Waals surface area contributed by atoms with Crippen LogP contribution >= 0.6 is 23.7 Å². The van der Waals surface area contributed by atoms with E-state index in [9.17, 15) is 5.21 Å². The van der Waals surface area contributed by atoms with Crippen molar-refractivity contribution in [2.45, 2.75) is 58.5 Å². The number of thiophene rings is 1. The Kier molecular flexibility index (Phi) is 5.00. The normalized spacial score (nSPS) is 25.9. The first-order chi connectivity index (χ1) is 9.86. The predicted octanol–water partition coefficient (Wildman–Crippen LogP) is 3.62. The molecule has 0 aliphatic carbocycles. The second-order valence-electron chi connectivity index (χ2n) is 7.24. The maximum atomic E-state index is 12.6. The quantitative estimate of drug-likeness (QED) is 0.636. The first-order valence-corrected chi connectivity index (χ1v) is 8.46. The lowest BCUT2D eigenvalue weighted by Crippen LogP contribution is -2.51. The monoisotopic (exact) mass is 341 g/mol. The number of piperidine rings is 1. The van der Waals surface area contributed by atoms with Crippen LogP contribution in [-0.2, 0) is 0 Å². The van der Waals surface area contributed by atoms with Crippen molar-refractivity contribution >= 4 is 34.0 Å². The third-order valence-corrected chi connectivity index (χ3v) is 5.31. The molecule has 0 bridgehead atoms. The van der Waals surface area contributed by atoms with E-state index in [2.05, 4.69) is 38.0 Å². The van der Waals surface area contributed by atoms with Gasteiger partial charge in [-0.25, -0.2) is 4.73 Å². The summed E-state index contributed by atoms with van der Waals surface area (Å²) in [5, 5.41) is 18.2. The summed E-state index contributed by atoms with van der Waals surface area (Å²) in [5.74, 6) is 0.913. The Labute approximate surface area is 141 Å². The molecule has 1 aliphatic heterocycles. The summed E-state index contributed by atoms with van der Waals surface area (Å²) >= 11 is 1.57. The van der Waals surface area contributed by atoms with Gasteiger partial charge in [-0.1, -0.05) is 25.8 Å². The number of nitrogens with zero attached hydrogens (tertiary/aromatic N) is 2. The molecule has 2 aromatic heterocycles. The van der Waals surface area contributed by atoms with Crippen molar-refractivity contribution in [2.75, 3.05) is 0 Å². The number of rotatable bonds is 1. The zero-order chi connectivity index (χ0) is 15.2. The molecular formula is C16H24ClN3OS. The SMILES string of the molecule is CC1CC(c2ncc3sccc3[n+]2[O-])CC(C(C)(C)C)N1.Cl. The highest BCUT2D eigenvalue weighted by Gasteiger charge is 2.37. The Bertz CT molecular complexity index is 652. The van der Waals surface area contributed by atoms with Gasteiger partial charge in [0.25, 0.3) is 0 Å². The van der Waals surface area contributed by atoms with E-state index in [4.69, 9.17) is 0 Å². The molecule has 3 rings (SSSR count). The van der Waals surface area contributed by atoms with Gasteiger partial charge >= 0.3 is 5.82 Å². The Balaban J connectivity index is 0.00000176. The average Bonchev–Trinajstić information content (AvgIpc) is 2.86. The fourth-order valence-electron chi connectivity index (χ4n) is 3.25. The molecule has 3 unspecified atom stereocenters. The lowest BCUT2D eigenvalue weighted by Gasteiger charge is -2.40. The second kappa shape index (κ2) is 6.30. The molecule has 0 saturated carbocycles. The van der Waals surface area contributed by atoms with E-state index >= 15 is 0 Å². The maximum absolute atomic E-state index is 12.6. The van der Waals surface area contributed by atoms with E-state index in [0.717, 1.165) is 27.8 Å². The minimum Gasteiger partial charge on any atom is -0.710 e. The molecule has 3 heterocycles. The molecular weight excluding hydrogens is 318 g/mol. The summed E-state index contributed by atoms with van der Waals surface area (Å²) in [4.78, 5) is 4.49. The molecule has 1 saturated heterocycles. The number of aromatic nitrogens is 2. The molecule has 22 heavy (non-hydrogen) atoms. The summed E-state index contributed by atoms with van der Waals surface area (Å²) in [6, 6.07) is 2.71. The van der Waals surface area contributed by atoms with E-state index in [0.29, 0.717) is 17.9 Å². The van der Waals surface area contributed by atoms with Gasteiger partial charge in [0, 0.05) is 12.1 Å². The van der Waals surface area contributed by atoms with Crippen LogP contribution in [0.5, 0.6) is 0 Å². The molecule has 0 radical (unpaired) electrons. The van der Waals surface area contributed by atoms with Gasteiger partial charge in [0.2, 0.25) is 0 Å². The van der Waals surface area contributed by atoms with Crippen molar-refractivity contribution in [1.29, 1.82) is 0 Å². The molecule has 1 fully saturated rings. The van der Waals surface area contributed by atoms with Crippen molar-refractivity contribution in [3.05, 3.63) is 28.7 Å². The third-order valence-electron chi connectivity index (χ3n) is 4.47. The fraction of sp³-hybridized carbons (Fsp3) is 0.625. The number of hydrogen-bond donors (Lipinski definition) is 1. The lowest BCUT2D eigenvalue weighted by molar-refractivity contribution is -0.591. The largest absolute Gasteiger partial charge is 0.710 e. The highest BCUT2D eigenvalue weighted by Crippen LogP contribution is 2.35. The molecule has 0 aromatic carbocycles. The Morgan fingerprint density at radius 3 is 2.77 bits per heavy atom. The molecule has 122 valence electrons. The van der Waals surface area contributed by atoms with Crippen molar-refractivity contribution in [1.82, 2.24) is 10.3 Å². The van der Waals surface area contributed by atoms with E-state index < -0.39 is 0 Å². The van der Waals surface area contributed by atoms with Crippen LogP contribution < -0.4 is 10.0 Å². The van der Waals surface area contributed by atoms with E-state index in [-0.39, 0.29) is 23.7 Å². The fourth-order valence-corrected chi connectivity index (χ4v) is 3.98. The molecule has 3 atom stereocenters. The van der Waals surface area contributed by atoms with Gasteiger partial charge < -0.3 is 10.5 Å². The van der Waals surface area contributed by atoms with Crippen LogP contribution in [0, 0.1) is 10.6 Å². The third kappa shape index (κ3) is 3.21. The number of nitrogens with one attached hydrogen (secondary N) is 1. The molecule has 2 aromatic rings. The van der Waals surface area contributed by atoms with E-state index in [1.165, 1.54) is 0 Å². The number of halogens is 1. The van der Waals surface area contributed by atoms with Crippen LogP contribution in [0.1, 0.15) is 52.3 Å². The van der Waals surface area contributed by atoms with Crippen LogP contribution in [-0.4, -0.2) is 17.1 Å². The van der Waals surface area contributed by atoms with Gasteiger partial charge in [-0.05, 0) is 36.6 Å². The first kappa shape index (κ1) is 17.4. The van der Waals surface area contributed by atoms with Crippen LogP contribution in [0.25, 0.3) is 10.2 Å². The van der Waals surface area contributed by atoms with Crippen molar-refractivity contribution in [3.8, 4) is 0 Å².